The Labute approximate surface area is 60.5 Å². The van der Waals surface area contributed by atoms with Gasteiger partial charge >= 0.3 is 0 Å². The van der Waals surface area contributed by atoms with Crippen molar-refractivity contribution in [3.05, 3.63) is 0 Å². The first kappa shape index (κ1) is 9.17. The quantitative estimate of drug-likeness (QED) is 0.424. The molecule has 0 radical (unpaired) electrons. The third kappa shape index (κ3) is 1.79. The monoisotopic (exact) mass is 153 g/mol. The number of halogens is 1. The van der Waals surface area contributed by atoms with Crippen LogP contribution in [0.2, 0.25) is 0 Å². The van der Waals surface area contributed by atoms with Crippen LogP contribution < -0.4 is 5.32 Å². The van der Waals surface area contributed by atoms with Crippen LogP contribution in [0, 0.1) is 0 Å². The summed E-state index contributed by atoms with van der Waals surface area (Å²) in [4.78, 5) is 0. The van der Waals surface area contributed by atoms with Crippen LogP contribution in [0.4, 0.5) is 0 Å². The first-order valence-electron chi connectivity index (χ1n) is 2.81. The summed E-state index contributed by atoms with van der Waals surface area (Å²) in [5.74, 6) is 0. The minimum absolute atomic E-state index is 0. The molecule has 1 fully saturated rings. The number of β-amino-alcohol motifs (C(OH)–C–C–N with tert-alkyl or cyclic N) is 1. The number of rotatable bonds is 0. The Bertz CT molecular complexity index is 81.0. The van der Waals surface area contributed by atoms with Gasteiger partial charge in [-0.1, -0.05) is 0 Å². The van der Waals surface area contributed by atoms with E-state index in [1.807, 2.05) is 6.92 Å². The summed E-state index contributed by atoms with van der Waals surface area (Å²) in [7, 11) is 0. The molecule has 0 aromatic rings. The molecule has 1 heterocycles. The lowest BCUT2D eigenvalue weighted by Crippen LogP contribution is -2.29. The molecule has 0 spiro atoms. The second-order valence-corrected chi connectivity index (χ2v) is 2.25. The summed E-state index contributed by atoms with van der Waals surface area (Å²) in [6, 6.07) is 0.0463. The molecule has 3 N–H and O–H groups in total. The largest absolute Gasteiger partial charge is 0.389 e. The lowest BCUT2D eigenvalue weighted by Gasteiger charge is -2.08. The van der Waals surface area contributed by atoms with Gasteiger partial charge in [-0.05, 0) is 6.92 Å². The van der Waals surface area contributed by atoms with Crippen molar-refractivity contribution in [1.29, 1.82) is 0 Å². The molecule has 1 saturated heterocycles. The summed E-state index contributed by atoms with van der Waals surface area (Å²) >= 11 is 0. The Morgan fingerprint density at radius 3 is 2.11 bits per heavy atom. The van der Waals surface area contributed by atoms with E-state index >= 15 is 0 Å². The predicted molar refractivity (Wildman–Crippen MR) is 36.7 cm³/mol. The third-order valence-electron chi connectivity index (χ3n) is 1.56. The van der Waals surface area contributed by atoms with E-state index in [0.29, 0.717) is 6.54 Å². The zero-order chi connectivity index (χ0) is 6.15. The van der Waals surface area contributed by atoms with E-state index in [9.17, 15) is 0 Å². The van der Waals surface area contributed by atoms with Crippen molar-refractivity contribution in [1.82, 2.24) is 5.32 Å². The smallest absolute Gasteiger partial charge is 0.0961 e. The van der Waals surface area contributed by atoms with Gasteiger partial charge in [-0.25, -0.2) is 0 Å². The molecular formula is C5H12ClNO2. The zero-order valence-electron chi connectivity index (χ0n) is 5.24. The highest BCUT2D eigenvalue weighted by Gasteiger charge is 2.28. The normalized spacial score (nSPS) is 42.3. The molecule has 0 aromatic heterocycles. The van der Waals surface area contributed by atoms with Gasteiger partial charge in [-0.2, -0.15) is 0 Å². The van der Waals surface area contributed by atoms with E-state index in [4.69, 9.17) is 10.2 Å². The fourth-order valence-corrected chi connectivity index (χ4v) is 0.881. The van der Waals surface area contributed by atoms with Gasteiger partial charge in [-0.3, -0.25) is 0 Å². The van der Waals surface area contributed by atoms with Gasteiger partial charge in [0.2, 0.25) is 0 Å². The molecule has 0 aliphatic carbocycles. The Balaban J connectivity index is 0.000000640. The van der Waals surface area contributed by atoms with Crippen molar-refractivity contribution in [3.63, 3.8) is 0 Å². The van der Waals surface area contributed by atoms with Gasteiger partial charge < -0.3 is 15.5 Å². The Morgan fingerprint density at radius 2 is 2.00 bits per heavy atom. The number of hydrogen-bond acceptors (Lipinski definition) is 3. The van der Waals surface area contributed by atoms with Gasteiger partial charge in [0, 0.05) is 12.6 Å². The Hall–Kier alpha value is 0.170. The van der Waals surface area contributed by atoms with Gasteiger partial charge in [0.05, 0.1) is 12.2 Å². The first-order chi connectivity index (χ1) is 3.72. The predicted octanol–water partition coefficient (Wildman–Crippen LogP) is -0.878. The Morgan fingerprint density at radius 1 is 1.44 bits per heavy atom. The standard InChI is InChI=1S/C5H11NO2.ClH/c1-3-5(8)4(7)2-6-3;/h3-8H,2H2,1H3;1H/t3?,4-,5-;/m1./s1. The van der Waals surface area contributed by atoms with Crippen LogP contribution in [0.5, 0.6) is 0 Å². The summed E-state index contributed by atoms with van der Waals surface area (Å²) in [6.07, 6.45) is -1.14. The maximum atomic E-state index is 8.95. The second kappa shape index (κ2) is 3.37. The maximum Gasteiger partial charge on any atom is 0.0961 e. The summed E-state index contributed by atoms with van der Waals surface area (Å²) in [5.41, 5.74) is 0. The zero-order valence-corrected chi connectivity index (χ0v) is 6.06. The van der Waals surface area contributed by atoms with E-state index in [-0.39, 0.29) is 18.4 Å². The molecule has 0 aromatic carbocycles. The van der Waals surface area contributed by atoms with Gasteiger partial charge in [0.15, 0.2) is 0 Å². The van der Waals surface area contributed by atoms with Crippen LogP contribution in [-0.2, 0) is 0 Å². The molecule has 3 atom stereocenters. The number of aliphatic hydroxyl groups excluding tert-OH is 2. The molecule has 1 aliphatic heterocycles. The van der Waals surface area contributed by atoms with Gasteiger partial charge in [0.1, 0.15) is 0 Å². The molecule has 0 bridgehead atoms. The lowest BCUT2D eigenvalue weighted by molar-refractivity contribution is 0.0436. The average Bonchev–Trinajstić information content (AvgIpc) is 1.98. The molecule has 1 aliphatic rings. The summed E-state index contributed by atoms with van der Waals surface area (Å²) in [6.45, 7) is 2.36. The topological polar surface area (TPSA) is 52.5 Å². The van der Waals surface area contributed by atoms with E-state index in [0.717, 1.165) is 0 Å². The molecule has 56 valence electrons. The lowest BCUT2D eigenvalue weighted by atomic mass is 10.2. The van der Waals surface area contributed by atoms with Crippen LogP contribution >= 0.6 is 12.4 Å². The minimum atomic E-state index is -0.574. The SMILES string of the molecule is CC1NC[C@@H](O)[C@@H]1O.Cl. The van der Waals surface area contributed by atoms with Gasteiger partial charge in [-0.15, -0.1) is 12.4 Å². The molecule has 0 saturated carbocycles. The van der Waals surface area contributed by atoms with E-state index < -0.39 is 12.2 Å². The van der Waals surface area contributed by atoms with Crippen molar-refractivity contribution >= 4 is 12.4 Å². The highest BCUT2D eigenvalue weighted by molar-refractivity contribution is 5.85. The number of aliphatic hydroxyl groups is 2. The number of hydrogen-bond donors (Lipinski definition) is 3. The Kier molecular flexibility index (Phi) is 3.43. The van der Waals surface area contributed by atoms with E-state index in [1.54, 1.807) is 0 Å². The van der Waals surface area contributed by atoms with Crippen molar-refractivity contribution in [2.45, 2.75) is 25.2 Å². The molecular weight excluding hydrogens is 142 g/mol. The van der Waals surface area contributed by atoms with Crippen molar-refractivity contribution in [2.24, 2.45) is 0 Å². The molecule has 3 nitrogen and oxygen atoms in total. The van der Waals surface area contributed by atoms with Crippen LogP contribution in [-0.4, -0.2) is 35.0 Å². The van der Waals surface area contributed by atoms with Crippen molar-refractivity contribution < 1.29 is 10.2 Å². The highest BCUT2D eigenvalue weighted by atomic mass is 35.5. The molecule has 1 rings (SSSR count). The molecule has 0 amide bonds. The van der Waals surface area contributed by atoms with E-state index in [1.165, 1.54) is 0 Å². The maximum absolute atomic E-state index is 8.95. The van der Waals surface area contributed by atoms with E-state index in [2.05, 4.69) is 5.32 Å². The summed E-state index contributed by atoms with van der Waals surface area (Å²) < 4.78 is 0. The first-order valence-corrected chi connectivity index (χ1v) is 2.81. The van der Waals surface area contributed by atoms with Crippen molar-refractivity contribution in [3.8, 4) is 0 Å². The van der Waals surface area contributed by atoms with Gasteiger partial charge in [0.25, 0.3) is 0 Å². The van der Waals surface area contributed by atoms with Crippen LogP contribution in [0.3, 0.4) is 0 Å². The average molecular weight is 154 g/mol. The fourth-order valence-electron chi connectivity index (χ4n) is 0.881. The van der Waals surface area contributed by atoms with Crippen LogP contribution in [0.25, 0.3) is 0 Å². The summed E-state index contributed by atoms with van der Waals surface area (Å²) in [5, 5.41) is 20.7. The molecule has 1 unspecified atom stereocenters. The van der Waals surface area contributed by atoms with Crippen LogP contribution in [0.1, 0.15) is 6.92 Å². The fraction of sp³-hybridized carbons (Fsp3) is 1.00. The minimum Gasteiger partial charge on any atom is -0.389 e. The molecule has 4 heteroatoms. The number of nitrogens with one attached hydrogen (secondary N) is 1. The third-order valence-corrected chi connectivity index (χ3v) is 1.56. The van der Waals surface area contributed by atoms with Crippen molar-refractivity contribution in [2.75, 3.05) is 6.54 Å². The van der Waals surface area contributed by atoms with Crippen LogP contribution in [0.15, 0.2) is 0 Å². The second-order valence-electron chi connectivity index (χ2n) is 2.25. The molecule has 9 heavy (non-hydrogen) atoms. The highest BCUT2D eigenvalue weighted by Crippen LogP contribution is 2.05.